The normalized spacial score (nSPS) is 10.5. The van der Waals surface area contributed by atoms with Crippen molar-refractivity contribution in [3.63, 3.8) is 0 Å². The van der Waals surface area contributed by atoms with Gasteiger partial charge in [0.05, 0.1) is 5.69 Å². The van der Waals surface area contributed by atoms with Gasteiger partial charge in [-0.3, -0.25) is 0 Å². The van der Waals surface area contributed by atoms with Gasteiger partial charge in [-0.25, -0.2) is 14.4 Å². The van der Waals surface area contributed by atoms with Crippen LogP contribution in [0.3, 0.4) is 0 Å². The number of aromatic nitrogens is 2. The van der Waals surface area contributed by atoms with Gasteiger partial charge in [0.2, 0.25) is 0 Å². The molecule has 0 aliphatic rings. The van der Waals surface area contributed by atoms with E-state index in [1.165, 1.54) is 0 Å². The van der Waals surface area contributed by atoms with Crippen molar-refractivity contribution >= 4 is 17.4 Å². The number of benzene rings is 1. The lowest BCUT2D eigenvalue weighted by molar-refractivity contribution is 0.603. The Bertz CT molecular complexity index is 534. The number of hydrogen-bond donors (Lipinski definition) is 1. The Morgan fingerprint density at radius 3 is 2.65 bits per heavy atom. The second-order valence-corrected chi connectivity index (χ2v) is 4.10. The molecule has 3 nitrogen and oxygen atoms in total. The third kappa shape index (κ3) is 2.53. The van der Waals surface area contributed by atoms with Gasteiger partial charge < -0.3 is 5.73 Å². The number of rotatable bonds is 2. The SMILES string of the molecule is Cc1nc(Cc2ccccc2Cl)nc(N)c1F. The summed E-state index contributed by atoms with van der Waals surface area (Å²) in [6.07, 6.45) is 0.436. The maximum absolute atomic E-state index is 13.3. The van der Waals surface area contributed by atoms with Gasteiger partial charge in [-0.05, 0) is 18.6 Å². The molecule has 0 amide bonds. The van der Waals surface area contributed by atoms with E-state index in [-0.39, 0.29) is 11.5 Å². The standard InChI is InChI=1S/C12H11ClFN3/c1-7-11(14)12(15)17-10(16-7)6-8-4-2-3-5-9(8)13/h2-5H,6H2,1H3,(H2,15,16,17). The lowest BCUT2D eigenvalue weighted by Crippen LogP contribution is -2.06. The Labute approximate surface area is 103 Å². The smallest absolute Gasteiger partial charge is 0.186 e. The highest BCUT2D eigenvalue weighted by Crippen LogP contribution is 2.19. The zero-order valence-corrected chi connectivity index (χ0v) is 10.0. The quantitative estimate of drug-likeness (QED) is 0.893. The molecular formula is C12H11ClFN3. The molecule has 17 heavy (non-hydrogen) atoms. The molecule has 0 bridgehead atoms. The van der Waals surface area contributed by atoms with Crippen LogP contribution in [0.1, 0.15) is 17.1 Å². The Balaban J connectivity index is 2.34. The topological polar surface area (TPSA) is 51.8 Å². The van der Waals surface area contributed by atoms with Crippen LogP contribution in [0.4, 0.5) is 10.2 Å². The Hall–Kier alpha value is -1.68. The molecule has 0 radical (unpaired) electrons. The molecule has 0 aliphatic carbocycles. The molecule has 0 saturated carbocycles. The van der Waals surface area contributed by atoms with Crippen molar-refractivity contribution in [2.45, 2.75) is 13.3 Å². The van der Waals surface area contributed by atoms with Gasteiger partial charge in [-0.15, -0.1) is 0 Å². The number of nitrogens with two attached hydrogens (primary N) is 1. The number of nitrogens with zero attached hydrogens (tertiary/aromatic N) is 2. The average molecular weight is 252 g/mol. The van der Waals surface area contributed by atoms with E-state index in [0.717, 1.165) is 5.56 Å². The number of hydrogen-bond acceptors (Lipinski definition) is 3. The number of nitrogen functional groups attached to an aromatic ring is 1. The molecule has 1 aromatic heterocycles. The van der Waals surface area contributed by atoms with E-state index >= 15 is 0 Å². The van der Waals surface area contributed by atoms with Gasteiger partial charge in [0.25, 0.3) is 0 Å². The summed E-state index contributed by atoms with van der Waals surface area (Å²) in [6, 6.07) is 7.38. The van der Waals surface area contributed by atoms with Gasteiger partial charge in [0, 0.05) is 11.4 Å². The van der Waals surface area contributed by atoms with Gasteiger partial charge in [0.1, 0.15) is 5.82 Å². The van der Waals surface area contributed by atoms with E-state index in [0.29, 0.717) is 17.3 Å². The second kappa shape index (κ2) is 4.67. The molecule has 0 aliphatic heterocycles. The predicted molar refractivity (Wildman–Crippen MR) is 65.4 cm³/mol. The zero-order chi connectivity index (χ0) is 12.4. The first-order valence-electron chi connectivity index (χ1n) is 5.10. The molecule has 88 valence electrons. The van der Waals surface area contributed by atoms with Crippen molar-refractivity contribution in [2.24, 2.45) is 0 Å². The highest BCUT2D eigenvalue weighted by Gasteiger charge is 2.10. The largest absolute Gasteiger partial charge is 0.381 e. The third-order valence-corrected chi connectivity index (χ3v) is 2.76. The van der Waals surface area contributed by atoms with E-state index in [9.17, 15) is 4.39 Å². The molecule has 0 atom stereocenters. The van der Waals surface area contributed by atoms with Gasteiger partial charge >= 0.3 is 0 Å². The molecule has 2 N–H and O–H groups in total. The fourth-order valence-corrected chi connectivity index (χ4v) is 1.73. The minimum atomic E-state index is -0.562. The number of halogens is 2. The monoisotopic (exact) mass is 251 g/mol. The molecule has 2 rings (SSSR count). The maximum Gasteiger partial charge on any atom is 0.186 e. The van der Waals surface area contributed by atoms with Crippen LogP contribution in [0.5, 0.6) is 0 Å². The third-order valence-electron chi connectivity index (χ3n) is 2.40. The molecule has 0 fully saturated rings. The summed E-state index contributed by atoms with van der Waals surface area (Å²) in [5.41, 5.74) is 6.59. The van der Waals surface area contributed by atoms with Crippen LogP contribution in [0.25, 0.3) is 0 Å². The highest BCUT2D eigenvalue weighted by molar-refractivity contribution is 6.31. The molecule has 1 heterocycles. The summed E-state index contributed by atoms with van der Waals surface area (Å²) in [4.78, 5) is 7.95. The summed E-state index contributed by atoms with van der Waals surface area (Å²) >= 11 is 6.02. The minimum absolute atomic E-state index is 0.125. The molecule has 2 aromatic rings. The Morgan fingerprint density at radius 2 is 2.00 bits per heavy atom. The summed E-state index contributed by atoms with van der Waals surface area (Å²) in [6.45, 7) is 1.56. The number of aryl methyl sites for hydroxylation is 1. The van der Waals surface area contributed by atoms with E-state index in [2.05, 4.69) is 9.97 Å². The number of anilines is 1. The van der Waals surface area contributed by atoms with E-state index in [1.54, 1.807) is 13.0 Å². The first kappa shape index (κ1) is 11.8. The van der Waals surface area contributed by atoms with Crippen molar-refractivity contribution in [3.8, 4) is 0 Å². The van der Waals surface area contributed by atoms with Crippen LogP contribution in [0.15, 0.2) is 24.3 Å². The highest BCUT2D eigenvalue weighted by atomic mass is 35.5. The van der Waals surface area contributed by atoms with Crippen molar-refractivity contribution in [1.29, 1.82) is 0 Å². The molecule has 0 saturated heterocycles. The molecule has 1 aromatic carbocycles. The molecule has 5 heteroatoms. The lowest BCUT2D eigenvalue weighted by atomic mass is 10.1. The van der Waals surface area contributed by atoms with Crippen molar-refractivity contribution in [1.82, 2.24) is 9.97 Å². The molecule has 0 spiro atoms. The van der Waals surface area contributed by atoms with Crippen molar-refractivity contribution in [2.75, 3.05) is 5.73 Å². The van der Waals surface area contributed by atoms with Gasteiger partial charge in [-0.2, -0.15) is 0 Å². The van der Waals surface area contributed by atoms with Gasteiger partial charge in [-0.1, -0.05) is 29.8 Å². The fourth-order valence-electron chi connectivity index (χ4n) is 1.53. The summed E-state index contributed by atoms with van der Waals surface area (Å²) in [7, 11) is 0. The Morgan fingerprint density at radius 1 is 1.29 bits per heavy atom. The lowest BCUT2D eigenvalue weighted by Gasteiger charge is -2.06. The fraction of sp³-hybridized carbons (Fsp3) is 0.167. The molecule has 0 unspecified atom stereocenters. The van der Waals surface area contributed by atoms with Crippen LogP contribution in [0.2, 0.25) is 5.02 Å². The van der Waals surface area contributed by atoms with Crippen molar-refractivity contribution in [3.05, 3.63) is 52.2 Å². The average Bonchev–Trinajstić information content (AvgIpc) is 2.29. The Kier molecular flexibility index (Phi) is 3.24. The van der Waals surface area contributed by atoms with Gasteiger partial charge in [0.15, 0.2) is 11.6 Å². The second-order valence-electron chi connectivity index (χ2n) is 3.69. The zero-order valence-electron chi connectivity index (χ0n) is 9.24. The van der Waals surface area contributed by atoms with Crippen LogP contribution in [0, 0.1) is 12.7 Å². The van der Waals surface area contributed by atoms with Crippen molar-refractivity contribution < 1.29 is 4.39 Å². The van der Waals surface area contributed by atoms with E-state index < -0.39 is 5.82 Å². The summed E-state index contributed by atoms with van der Waals surface area (Å²) in [5.74, 6) is -0.220. The van der Waals surface area contributed by atoms with Crippen LogP contribution in [-0.2, 0) is 6.42 Å². The minimum Gasteiger partial charge on any atom is -0.381 e. The van der Waals surface area contributed by atoms with Crippen LogP contribution >= 0.6 is 11.6 Å². The summed E-state index contributed by atoms with van der Waals surface area (Å²) in [5, 5.41) is 0.636. The predicted octanol–water partition coefficient (Wildman–Crippen LogP) is 2.75. The summed E-state index contributed by atoms with van der Waals surface area (Å²) < 4.78 is 13.3. The maximum atomic E-state index is 13.3. The molecular weight excluding hydrogens is 241 g/mol. The van der Waals surface area contributed by atoms with Crippen LogP contribution in [-0.4, -0.2) is 9.97 Å². The van der Waals surface area contributed by atoms with E-state index in [4.69, 9.17) is 17.3 Å². The first-order valence-corrected chi connectivity index (χ1v) is 5.47. The first-order chi connectivity index (χ1) is 8.08. The van der Waals surface area contributed by atoms with E-state index in [1.807, 2.05) is 18.2 Å². The van der Waals surface area contributed by atoms with Crippen LogP contribution < -0.4 is 5.73 Å².